The highest BCUT2D eigenvalue weighted by molar-refractivity contribution is 14.1. The molecule has 3 rings (SSSR count). The number of hydrogen-bond acceptors (Lipinski definition) is 4. The molecule has 0 amide bonds. The van der Waals surface area contributed by atoms with Gasteiger partial charge in [-0.2, -0.15) is 0 Å². The van der Waals surface area contributed by atoms with Gasteiger partial charge in [0.2, 0.25) is 5.43 Å². The predicted octanol–water partition coefficient (Wildman–Crippen LogP) is 2.61. The van der Waals surface area contributed by atoms with Gasteiger partial charge in [-0.1, -0.05) is 0 Å². The average molecular weight is 399 g/mol. The van der Waals surface area contributed by atoms with Crippen molar-refractivity contribution in [2.24, 2.45) is 0 Å². The summed E-state index contributed by atoms with van der Waals surface area (Å²) in [4.78, 5) is 16.8. The molecule has 2 aromatic heterocycles. The minimum absolute atomic E-state index is 0.0541. The molecular weight excluding hydrogens is 381 g/mol. The number of aromatic nitrogens is 2. The molecule has 0 bridgehead atoms. The Bertz CT molecular complexity index is 708. The van der Waals surface area contributed by atoms with Crippen LogP contribution in [-0.2, 0) is 11.3 Å². The number of aryl methyl sites for hydroxylation is 1. The molecule has 0 atom stereocenters. The van der Waals surface area contributed by atoms with E-state index in [0.717, 1.165) is 47.5 Å². The van der Waals surface area contributed by atoms with E-state index in [9.17, 15) is 4.79 Å². The Morgan fingerprint density at radius 3 is 2.95 bits per heavy atom. The van der Waals surface area contributed by atoms with Gasteiger partial charge in [-0.15, -0.1) is 0 Å². The quantitative estimate of drug-likeness (QED) is 0.807. The van der Waals surface area contributed by atoms with Crippen molar-refractivity contribution in [1.29, 1.82) is 0 Å². The monoisotopic (exact) mass is 399 g/mol. The third kappa shape index (κ3) is 3.06. The summed E-state index contributed by atoms with van der Waals surface area (Å²) in [5, 5.41) is 4.15. The maximum atomic E-state index is 12.3. The number of nitrogens with one attached hydrogen (secondary N) is 1. The first-order valence-electron chi connectivity index (χ1n) is 7.22. The number of pyridine rings is 2. The van der Waals surface area contributed by atoms with Crippen LogP contribution in [-0.4, -0.2) is 28.8 Å². The van der Waals surface area contributed by atoms with Crippen LogP contribution in [0.2, 0.25) is 0 Å². The van der Waals surface area contributed by atoms with Crippen molar-refractivity contribution in [3.63, 3.8) is 0 Å². The first-order valence-corrected chi connectivity index (χ1v) is 8.30. The van der Waals surface area contributed by atoms with Crippen LogP contribution in [0.15, 0.2) is 23.3 Å². The topological polar surface area (TPSA) is 56.2 Å². The Balaban J connectivity index is 1.99. The molecule has 0 aliphatic carbocycles. The summed E-state index contributed by atoms with van der Waals surface area (Å²) >= 11 is 2.09. The minimum atomic E-state index is 0.0541. The zero-order valence-electron chi connectivity index (χ0n) is 11.9. The normalized spacial score (nSPS) is 16.3. The van der Waals surface area contributed by atoms with Crippen molar-refractivity contribution < 1.29 is 4.74 Å². The Hall–Kier alpha value is -1.15. The molecule has 0 radical (unpaired) electrons. The van der Waals surface area contributed by atoms with Gasteiger partial charge in [-0.05, 0) is 48.4 Å². The predicted molar refractivity (Wildman–Crippen MR) is 91.9 cm³/mol. The van der Waals surface area contributed by atoms with E-state index in [1.54, 1.807) is 0 Å². The van der Waals surface area contributed by atoms with Gasteiger partial charge < -0.3 is 14.6 Å². The fourth-order valence-corrected chi connectivity index (χ4v) is 3.26. The smallest absolute Gasteiger partial charge is 0.204 e. The molecule has 0 spiro atoms. The molecule has 1 aliphatic heterocycles. The second kappa shape index (κ2) is 6.31. The number of nitrogens with zero attached hydrogens (tertiary/aromatic N) is 2. The summed E-state index contributed by atoms with van der Waals surface area (Å²) < 4.78 is 8.10. The van der Waals surface area contributed by atoms with Crippen LogP contribution in [0, 0.1) is 3.57 Å². The number of ether oxygens (including phenoxy) is 1. The number of fused-ring (bicyclic) bond motifs is 1. The molecule has 5 nitrogen and oxygen atoms in total. The summed E-state index contributed by atoms with van der Waals surface area (Å²) in [5.41, 5.74) is 1.72. The van der Waals surface area contributed by atoms with Crippen LogP contribution in [0.25, 0.3) is 11.0 Å². The lowest BCUT2D eigenvalue weighted by atomic mass is 10.1. The van der Waals surface area contributed by atoms with E-state index in [2.05, 4.69) is 39.8 Å². The lowest BCUT2D eigenvalue weighted by Gasteiger charge is -2.24. The van der Waals surface area contributed by atoms with Gasteiger partial charge in [0.25, 0.3) is 0 Å². The van der Waals surface area contributed by atoms with E-state index in [1.165, 1.54) is 0 Å². The van der Waals surface area contributed by atoms with E-state index in [4.69, 9.17) is 4.74 Å². The van der Waals surface area contributed by atoms with Crippen molar-refractivity contribution in [1.82, 2.24) is 9.55 Å². The standard InChI is InChI=1S/C15H18IN3O2/c1-2-19-9-13(16)14(20)12-7-11(8-17-15(12)19)18-10-3-5-21-6-4-10/h7-10,18H,2-6H2,1H3. The van der Waals surface area contributed by atoms with Crippen LogP contribution in [0.5, 0.6) is 0 Å². The van der Waals surface area contributed by atoms with Gasteiger partial charge >= 0.3 is 0 Å². The summed E-state index contributed by atoms with van der Waals surface area (Å²) in [5.74, 6) is 0. The number of rotatable bonds is 3. The first-order chi connectivity index (χ1) is 10.2. The molecule has 2 aromatic rings. The van der Waals surface area contributed by atoms with Gasteiger partial charge in [0.1, 0.15) is 5.65 Å². The third-order valence-electron chi connectivity index (χ3n) is 3.80. The maximum absolute atomic E-state index is 12.3. The van der Waals surface area contributed by atoms with Crippen LogP contribution in [0.4, 0.5) is 5.69 Å². The largest absolute Gasteiger partial charge is 0.381 e. The molecule has 1 fully saturated rings. The fourth-order valence-electron chi connectivity index (χ4n) is 2.64. The maximum Gasteiger partial charge on any atom is 0.204 e. The van der Waals surface area contributed by atoms with E-state index < -0.39 is 0 Å². The number of halogens is 1. The van der Waals surface area contributed by atoms with E-state index >= 15 is 0 Å². The first kappa shape index (κ1) is 14.8. The van der Waals surface area contributed by atoms with Crippen molar-refractivity contribution in [3.8, 4) is 0 Å². The molecule has 0 aromatic carbocycles. The van der Waals surface area contributed by atoms with Crippen molar-refractivity contribution in [3.05, 3.63) is 32.3 Å². The van der Waals surface area contributed by atoms with Crippen LogP contribution in [0.1, 0.15) is 19.8 Å². The van der Waals surface area contributed by atoms with E-state index in [1.807, 2.05) is 23.0 Å². The minimum Gasteiger partial charge on any atom is -0.381 e. The SMILES string of the molecule is CCn1cc(I)c(=O)c2cc(NC3CCOCC3)cnc21. The zero-order chi connectivity index (χ0) is 14.8. The van der Waals surface area contributed by atoms with Crippen molar-refractivity contribution >= 4 is 39.3 Å². The molecule has 1 N–H and O–H groups in total. The van der Waals surface area contributed by atoms with Gasteiger partial charge in [0.15, 0.2) is 0 Å². The molecule has 3 heterocycles. The summed E-state index contributed by atoms with van der Waals surface area (Å²) in [6.07, 6.45) is 5.66. The molecule has 0 saturated carbocycles. The van der Waals surface area contributed by atoms with Gasteiger partial charge in [0.05, 0.1) is 20.8 Å². The van der Waals surface area contributed by atoms with E-state index in [-0.39, 0.29) is 5.43 Å². The number of hydrogen-bond donors (Lipinski definition) is 1. The lowest BCUT2D eigenvalue weighted by Crippen LogP contribution is -2.28. The molecule has 0 unspecified atom stereocenters. The van der Waals surface area contributed by atoms with Crippen LogP contribution in [0.3, 0.4) is 0 Å². The Labute approximate surface area is 136 Å². The van der Waals surface area contributed by atoms with Gasteiger partial charge in [-0.3, -0.25) is 4.79 Å². The Morgan fingerprint density at radius 2 is 2.24 bits per heavy atom. The Kier molecular flexibility index (Phi) is 4.44. The molecule has 1 saturated heterocycles. The summed E-state index contributed by atoms with van der Waals surface area (Å²) in [6, 6.07) is 2.32. The van der Waals surface area contributed by atoms with Crippen molar-refractivity contribution in [2.45, 2.75) is 32.4 Å². The lowest BCUT2D eigenvalue weighted by molar-refractivity contribution is 0.0904. The van der Waals surface area contributed by atoms with Crippen LogP contribution < -0.4 is 10.7 Å². The Morgan fingerprint density at radius 1 is 1.48 bits per heavy atom. The molecule has 1 aliphatic rings. The second-order valence-corrected chi connectivity index (χ2v) is 6.38. The van der Waals surface area contributed by atoms with Crippen LogP contribution >= 0.6 is 22.6 Å². The highest BCUT2D eigenvalue weighted by Crippen LogP contribution is 2.18. The molecule has 112 valence electrons. The highest BCUT2D eigenvalue weighted by atomic mass is 127. The van der Waals surface area contributed by atoms with Crippen molar-refractivity contribution in [2.75, 3.05) is 18.5 Å². The molecule has 6 heteroatoms. The second-order valence-electron chi connectivity index (χ2n) is 5.22. The van der Waals surface area contributed by atoms with Gasteiger partial charge in [-0.25, -0.2) is 4.98 Å². The molecule has 21 heavy (non-hydrogen) atoms. The van der Waals surface area contributed by atoms with Gasteiger partial charge in [0, 0.05) is 32.0 Å². The van der Waals surface area contributed by atoms with E-state index in [0.29, 0.717) is 11.4 Å². The average Bonchev–Trinajstić information content (AvgIpc) is 2.52. The molecular formula is C15H18IN3O2. The summed E-state index contributed by atoms with van der Waals surface area (Å²) in [6.45, 7) is 4.43. The number of anilines is 1. The highest BCUT2D eigenvalue weighted by Gasteiger charge is 2.15. The third-order valence-corrected chi connectivity index (χ3v) is 4.57. The fraction of sp³-hybridized carbons (Fsp3) is 0.467. The summed E-state index contributed by atoms with van der Waals surface area (Å²) in [7, 11) is 0. The zero-order valence-corrected chi connectivity index (χ0v) is 14.1.